The Morgan fingerprint density at radius 1 is 0.871 bits per heavy atom. The third-order valence-corrected chi connectivity index (χ3v) is 6.26. The van der Waals surface area contributed by atoms with Gasteiger partial charge in [0.05, 0.1) is 11.4 Å². The van der Waals surface area contributed by atoms with Crippen molar-refractivity contribution in [2.75, 3.05) is 5.75 Å². The maximum atomic E-state index is 12.9. The van der Waals surface area contributed by atoms with E-state index in [0.717, 1.165) is 16.8 Å². The van der Waals surface area contributed by atoms with E-state index in [1.54, 1.807) is 0 Å². The van der Waals surface area contributed by atoms with Gasteiger partial charge in [-0.3, -0.25) is 14.5 Å². The molecule has 1 atom stereocenters. The first kappa shape index (κ1) is 19.5. The fourth-order valence-electron chi connectivity index (χ4n) is 3.78. The molecule has 2 heterocycles. The third kappa shape index (κ3) is 3.82. The highest BCUT2D eigenvalue weighted by atomic mass is 32.2. The van der Waals surface area contributed by atoms with Gasteiger partial charge in [0.2, 0.25) is 0 Å². The zero-order valence-corrected chi connectivity index (χ0v) is 17.5. The molecule has 0 N–H and O–H groups in total. The molecule has 1 amide bonds. The molecule has 0 fully saturated rings. The summed E-state index contributed by atoms with van der Waals surface area (Å²) in [6.45, 7) is 0. The molecule has 0 bridgehead atoms. The van der Waals surface area contributed by atoms with Crippen LogP contribution in [0.25, 0.3) is 0 Å². The topological polar surface area (TPSA) is 62.1 Å². The maximum absolute atomic E-state index is 12.9. The van der Waals surface area contributed by atoms with E-state index >= 15 is 0 Å². The van der Waals surface area contributed by atoms with Crippen molar-refractivity contribution >= 4 is 40.1 Å². The van der Waals surface area contributed by atoms with Gasteiger partial charge in [0.1, 0.15) is 11.9 Å². The highest BCUT2D eigenvalue weighted by Gasteiger charge is 2.41. The van der Waals surface area contributed by atoms with Crippen molar-refractivity contribution < 1.29 is 9.59 Å². The normalized spacial score (nSPS) is 17.0. The molecule has 6 heteroatoms. The predicted molar refractivity (Wildman–Crippen MR) is 124 cm³/mol. The van der Waals surface area contributed by atoms with Crippen LogP contribution in [0.5, 0.6) is 0 Å². The first-order valence-corrected chi connectivity index (χ1v) is 11.0. The Bertz CT molecular complexity index is 1210. The molecule has 5 nitrogen and oxygen atoms in total. The number of para-hydroxylation sites is 1. The number of aliphatic imine (C=N–C) groups is 2. The summed E-state index contributed by atoms with van der Waals surface area (Å²) in [5.41, 5.74) is 3.32. The van der Waals surface area contributed by atoms with E-state index in [4.69, 9.17) is 4.99 Å². The standard InChI is InChI=1S/C25H19N3O2S/c29-22(18-11-5-2-6-12-18)16-31-25-26-20-14-8-7-13-19(20)23-27-24(30)21(28(23)25)15-17-9-3-1-4-10-17/h1-14,21H,15-16H2. The Morgan fingerprint density at radius 3 is 2.32 bits per heavy atom. The lowest BCUT2D eigenvalue weighted by atomic mass is 10.0. The van der Waals surface area contributed by atoms with Crippen molar-refractivity contribution in [2.24, 2.45) is 9.98 Å². The number of thioether (sulfide) groups is 1. The number of carbonyl (C=O) groups is 2. The summed E-state index contributed by atoms with van der Waals surface area (Å²) in [4.78, 5) is 36.7. The Morgan fingerprint density at radius 2 is 1.55 bits per heavy atom. The molecule has 0 radical (unpaired) electrons. The molecule has 0 spiro atoms. The molecule has 3 aromatic rings. The summed E-state index contributed by atoms with van der Waals surface area (Å²) in [7, 11) is 0. The summed E-state index contributed by atoms with van der Waals surface area (Å²) < 4.78 is 0. The lowest BCUT2D eigenvalue weighted by molar-refractivity contribution is -0.119. The minimum atomic E-state index is -0.469. The van der Waals surface area contributed by atoms with Crippen molar-refractivity contribution in [3.63, 3.8) is 0 Å². The monoisotopic (exact) mass is 425 g/mol. The summed E-state index contributed by atoms with van der Waals surface area (Å²) >= 11 is 1.35. The van der Waals surface area contributed by atoms with E-state index in [2.05, 4.69) is 4.99 Å². The van der Waals surface area contributed by atoms with Crippen LogP contribution in [0.1, 0.15) is 21.5 Å². The van der Waals surface area contributed by atoms with Gasteiger partial charge in [-0.1, -0.05) is 84.6 Å². The zero-order valence-electron chi connectivity index (χ0n) is 16.6. The molecule has 3 aromatic carbocycles. The number of amides is 1. The average Bonchev–Trinajstić information content (AvgIpc) is 3.15. The van der Waals surface area contributed by atoms with E-state index in [0.29, 0.717) is 23.0 Å². The van der Waals surface area contributed by atoms with Crippen LogP contribution in [0, 0.1) is 0 Å². The van der Waals surface area contributed by atoms with Crippen LogP contribution in [-0.2, 0) is 11.2 Å². The van der Waals surface area contributed by atoms with Gasteiger partial charge >= 0.3 is 0 Å². The van der Waals surface area contributed by atoms with E-state index in [1.165, 1.54) is 11.8 Å². The van der Waals surface area contributed by atoms with Gasteiger partial charge in [-0.15, -0.1) is 0 Å². The largest absolute Gasteiger partial charge is 0.293 e. The van der Waals surface area contributed by atoms with Gasteiger partial charge in [-0.05, 0) is 17.7 Å². The molecular weight excluding hydrogens is 406 g/mol. The Labute approximate surface area is 184 Å². The van der Waals surface area contributed by atoms with E-state index in [9.17, 15) is 9.59 Å². The summed E-state index contributed by atoms with van der Waals surface area (Å²) in [5.74, 6) is 0.696. The van der Waals surface area contributed by atoms with E-state index in [1.807, 2.05) is 89.8 Å². The molecular formula is C25H19N3O2S. The van der Waals surface area contributed by atoms with Gasteiger partial charge < -0.3 is 0 Å². The van der Waals surface area contributed by atoms with Crippen LogP contribution in [0.4, 0.5) is 5.69 Å². The second-order valence-electron chi connectivity index (χ2n) is 7.34. The predicted octanol–water partition coefficient (Wildman–Crippen LogP) is 4.50. The molecule has 0 aliphatic carbocycles. The van der Waals surface area contributed by atoms with Crippen molar-refractivity contribution in [3.05, 3.63) is 102 Å². The quantitative estimate of drug-likeness (QED) is 0.565. The highest BCUT2D eigenvalue weighted by molar-refractivity contribution is 8.14. The van der Waals surface area contributed by atoms with Crippen LogP contribution >= 0.6 is 11.8 Å². The van der Waals surface area contributed by atoms with Crippen LogP contribution in [0.2, 0.25) is 0 Å². The number of benzene rings is 3. The number of carbonyl (C=O) groups excluding carboxylic acids is 2. The SMILES string of the molecule is O=C(CSC1=Nc2ccccc2C2=NC(=O)C(Cc3ccccc3)N12)c1ccccc1. The average molecular weight is 426 g/mol. The number of Topliss-reactive ketones (excluding diaryl/α,β-unsaturated/α-hetero) is 1. The van der Waals surface area contributed by atoms with Crippen molar-refractivity contribution in [3.8, 4) is 0 Å². The van der Waals surface area contributed by atoms with Crippen LogP contribution < -0.4 is 0 Å². The molecule has 2 aliphatic rings. The second-order valence-corrected chi connectivity index (χ2v) is 8.28. The molecule has 0 saturated heterocycles. The number of fused-ring (bicyclic) bond motifs is 3. The summed E-state index contributed by atoms with van der Waals surface area (Å²) in [6, 6.07) is 26.3. The molecule has 5 rings (SSSR count). The highest BCUT2D eigenvalue weighted by Crippen LogP contribution is 2.35. The minimum absolute atomic E-state index is 0.0239. The van der Waals surface area contributed by atoms with Crippen molar-refractivity contribution in [1.29, 1.82) is 0 Å². The Kier molecular flexibility index (Phi) is 5.22. The summed E-state index contributed by atoms with van der Waals surface area (Å²) in [5, 5.41) is 0.633. The van der Waals surface area contributed by atoms with Gasteiger partial charge in [-0.25, -0.2) is 4.99 Å². The van der Waals surface area contributed by atoms with Crippen molar-refractivity contribution in [1.82, 2.24) is 4.90 Å². The van der Waals surface area contributed by atoms with Crippen LogP contribution in [0.15, 0.2) is 94.9 Å². The molecule has 0 saturated carbocycles. The fourth-order valence-corrected chi connectivity index (χ4v) is 4.72. The third-order valence-electron chi connectivity index (χ3n) is 5.31. The fraction of sp³-hybridized carbons (Fsp3) is 0.120. The Hall–Kier alpha value is -3.51. The lowest BCUT2D eigenvalue weighted by Gasteiger charge is -2.31. The number of amidine groups is 2. The maximum Gasteiger partial charge on any atom is 0.271 e. The smallest absolute Gasteiger partial charge is 0.271 e. The number of hydrogen-bond acceptors (Lipinski definition) is 5. The van der Waals surface area contributed by atoms with E-state index in [-0.39, 0.29) is 17.4 Å². The van der Waals surface area contributed by atoms with Crippen LogP contribution in [-0.4, -0.2) is 39.4 Å². The van der Waals surface area contributed by atoms with Gasteiger partial charge in [0.15, 0.2) is 11.0 Å². The Balaban J connectivity index is 1.46. The number of hydrogen-bond donors (Lipinski definition) is 0. The van der Waals surface area contributed by atoms with Gasteiger partial charge in [-0.2, -0.15) is 4.99 Å². The number of nitrogens with zero attached hydrogens (tertiary/aromatic N) is 3. The second kappa shape index (κ2) is 8.32. The van der Waals surface area contributed by atoms with Crippen LogP contribution in [0.3, 0.4) is 0 Å². The van der Waals surface area contributed by atoms with Gasteiger partial charge in [0.25, 0.3) is 5.91 Å². The molecule has 2 aliphatic heterocycles. The first-order chi connectivity index (χ1) is 15.2. The first-order valence-electron chi connectivity index (χ1n) is 10.1. The molecule has 152 valence electrons. The van der Waals surface area contributed by atoms with E-state index < -0.39 is 6.04 Å². The minimum Gasteiger partial charge on any atom is -0.293 e. The van der Waals surface area contributed by atoms with Crippen molar-refractivity contribution in [2.45, 2.75) is 12.5 Å². The lowest BCUT2D eigenvalue weighted by Crippen LogP contribution is -2.44. The number of rotatable bonds is 5. The molecule has 1 unspecified atom stereocenters. The number of ketones is 1. The molecule has 0 aromatic heterocycles. The zero-order chi connectivity index (χ0) is 21.2. The summed E-state index contributed by atoms with van der Waals surface area (Å²) in [6.07, 6.45) is 0.529. The van der Waals surface area contributed by atoms with Gasteiger partial charge in [0, 0.05) is 17.5 Å². The molecule has 31 heavy (non-hydrogen) atoms.